The number of carbonyl (C=O) groups is 1. The number of hydrogen-bond donors (Lipinski definition) is 1. The first kappa shape index (κ1) is 16.5. The van der Waals surface area contributed by atoms with Gasteiger partial charge in [0.15, 0.2) is 10.8 Å². The van der Waals surface area contributed by atoms with Gasteiger partial charge in [0.2, 0.25) is 5.91 Å². The van der Waals surface area contributed by atoms with Gasteiger partial charge in [0.25, 0.3) is 0 Å². The fourth-order valence-corrected chi connectivity index (χ4v) is 3.37. The van der Waals surface area contributed by atoms with Gasteiger partial charge in [0.05, 0.1) is 12.2 Å². The largest absolute Gasteiger partial charge is 0.508 e. The Hall–Kier alpha value is -2.34. The SMILES string of the molecule is CC(=O)N(Cc1csc(-c2cc3cc(O)ccc3o2)n1)C(C)(C)C. The van der Waals surface area contributed by atoms with Gasteiger partial charge in [-0.3, -0.25) is 4.79 Å². The summed E-state index contributed by atoms with van der Waals surface area (Å²) < 4.78 is 5.80. The molecule has 0 saturated heterocycles. The Morgan fingerprint density at radius 1 is 1.33 bits per heavy atom. The molecule has 0 saturated carbocycles. The van der Waals surface area contributed by atoms with E-state index in [1.807, 2.05) is 32.2 Å². The van der Waals surface area contributed by atoms with Crippen molar-refractivity contribution in [1.82, 2.24) is 9.88 Å². The van der Waals surface area contributed by atoms with Gasteiger partial charge in [0.1, 0.15) is 11.3 Å². The van der Waals surface area contributed by atoms with E-state index in [2.05, 4.69) is 4.98 Å². The quantitative estimate of drug-likeness (QED) is 0.764. The first-order chi connectivity index (χ1) is 11.2. The summed E-state index contributed by atoms with van der Waals surface area (Å²) in [6.45, 7) is 8.06. The molecule has 2 heterocycles. The number of aromatic nitrogens is 1. The Balaban J connectivity index is 1.88. The number of nitrogens with zero attached hydrogens (tertiary/aromatic N) is 2. The Kier molecular flexibility index (Phi) is 4.09. The van der Waals surface area contributed by atoms with Crippen molar-refractivity contribution < 1.29 is 14.3 Å². The van der Waals surface area contributed by atoms with Gasteiger partial charge in [0, 0.05) is 23.2 Å². The van der Waals surface area contributed by atoms with Crippen molar-refractivity contribution in [2.24, 2.45) is 0 Å². The number of furan rings is 1. The molecule has 3 rings (SSSR count). The zero-order chi connectivity index (χ0) is 17.5. The van der Waals surface area contributed by atoms with Crippen molar-refractivity contribution in [3.05, 3.63) is 35.3 Å². The Morgan fingerprint density at radius 2 is 2.08 bits per heavy atom. The molecule has 0 atom stereocenters. The molecule has 1 N–H and O–H groups in total. The van der Waals surface area contributed by atoms with Gasteiger partial charge in [-0.15, -0.1) is 11.3 Å². The van der Waals surface area contributed by atoms with Crippen LogP contribution in [0.25, 0.3) is 21.7 Å². The van der Waals surface area contributed by atoms with Crippen LogP contribution in [-0.4, -0.2) is 26.4 Å². The number of hydrogen-bond acceptors (Lipinski definition) is 5. The number of carbonyl (C=O) groups excluding carboxylic acids is 1. The van der Waals surface area contributed by atoms with Crippen LogP contribution in [0.3, 0.4) is 0 Å². The molecule has 6 heteroatoms. The fourth-order valence-electron chi connectivity index (χ4n) is 2.61. The van der Waals surface area contributed by atoms with Crippen molar-refractivity contribution in [2.45, 2.75) is 39.8 Å². The predicted molar refractivity (Wildman–Crippen MR) is 95.0 cm³/mol. The van der Waals surface area contributed by atoms with Gasteiger partial charge in [-0.1, -0.05) is 0 Å². The van der Waals surface area contributed by atoms with E-state index in [0.29, 0.717) is 17.9 Å². The van der Waals surface area contributed by atoms with Crippen molar-refractivity contribution in [3.63, 3.8) is 0 Å². The summed E-state index contributed by atoms with van der Waals surface area (Å²) in [5.41, 5.74) is 1.29. The standard InChI is InChI=1S/C18H20N2O3S/c1-11(21)20(18(2,3)4)9-13-10-24-17(19-13)16-8-12-7-14(22)5-6-15(12)23-16/h5-8,10,22H,9H2,1-4H3. The molecule has 0 spiro atoms. The summed E-state index contributed by atoms with van der Waals surface area (Å²) in [6.07, 6.45) is 0. The molecule has 3 aromatic rings. The number of benzene rings is 1. The molecule has 0 aliphatic carbocycles. The normalized spacial score (nSPS) is 11.8. The first-order valence-electron chi connectivity index (χ1n) is 7.69. The second-order valence-corrected chi connectivity index (χ2v) is 7.61. The number of aromatic hydroxyl groups is 1. The molecule has 2 aromatic heterocycles. The van der Waals surface area contributed by atoms with Crippen molar-refractivity contribution in [2.75, 3.05) is 0 Å². The number of fused-ring (bicyclic) bond motifs is 1. The van der Waals surface area contributed by atoms with E-state index in [9.17, 15) is 9.90 Å². The third kappa shape index (κ3) is 3.28. The van der Waals surface area contributed by atoms with Crippen molar-refractivity contribution >= 4 is 28.2 Å². The molecule has 24 heavy (non-hydrogen) atoms. The maximum Gasteiger partial charge on any atom is 0.220 e. The number of amides is 1. The number of rotatable bonds is 3. The second kappa shape index (κ2) is 5.94. The third-order valence-corrected chi connectivity index (χ3v) is 4.68. The van der Waals surface area contributed by atoms with Crippen LogP contribution in [0.4, 0.5) is 0 Å². The summed E-state index contributed by atoms with van der Waals surface area (Å²) >= 11 is 1.48. The molecule has 0 fully saturated rings. The van der Waals surface area contributed by atoms with Crippen molar-refractivity contribution in [3.8, 4) is 16.5 Å². The molecule has 126 valence electrons. The van der Waals surface area contributed by atoms with Gasteiger partial charge in [-0.2, -0.15) is 0 Å². The predicted octanol–water partition coefficient (Wildman–Crippen LogP) is 4.41. The maximum atomic E-state index is 11.9. The minimum absolute atomic E-state index is 0.0243. The van der Waals surface area contributed by atoms with E-state index < -0.39 is 0 Å². The van der Waals surface area contributed by atoms with Gasteiger partial charge >= 0.3 is 0 Å². The van der Waals surface area contributed by atoms with Crippen LogP contribution in [0.15, 0.2) is 34.1 Å². The van der Waals surface area contributed by atoms with Crippen LogP contribution in [0.5, 0.6) is 5.75 Å². The third-order valence-electron chi connectivity index (χ3n) is 3.77. The summed E-state index contributed by atoms with van der Waals surface area (Å²) in [5.74, 6) is 0.894. The highest BCUT2D eigenvalue weighted by Gasteiger charge is 2.25. The highest BCUT2D eigenvalue weighted by molar-refractivity contribution is 7.13. The first-order valence-corrected chi connectivity index (χ1v) is 8.57. The Morgan fingerprint density at radius 3 is 2.75 bits per heavy atom. The zero-order valence-corrected chi connectivity index (χ0v) is 15.0. The zero-order valence-electron chi connectivity index (χ0n) is 14.2. The minimum Gasteiger partial charge on any atom is -0.508 e. The van der Waals surface area contributed by atoms with E-state index in [0.717, 1.165) is 16.1 Å². The van der Waals surface area contributed by atoms with Crippen LogP contribution in [0.1, 0.15) is 33.4 Å². The summed E-state index contributed by atoms with van der Waals surface area (Å²) in [5, 5.41) is 13.1. The monoisotopic (exact) mass is 344 g/mol. The molecule has 1 amide bonds. The average molecular weight is 344 g/mol. The van der Waals surface area contributed by atoms with Gasteiger partial charge in [-0.25, -0.2) is 4.98 Å². The molecule has 0 aliphatic heterocycles. The van der Waals surface area contributed by atoms with E-state index in [1.54, 1.807) is 30.0 Å². The number of thiazole rings is 1. The smallest absolute Gasteiger partial charge is 0.220 e. The summed E-state index contributed by atoms with van der Waals surface area (Å²) in [4.78, 5) is 18.3. The van der Waals surface area contributed by atoms with Crippen LogP contribution in [0, 0.1) is 0 Å². The molecule has 0 aliphatic rings. The van der Waals surface area contributed by atoms with Crippen LogP contribution in [0.2, 0.25) is 0 Å². The van der Waals surface area contributed by atoms with Crippen LogP contribution < -0.4 is 0 Å². The Bertz CT molecular complexity index is 889. The van der Waals surface area contributed by atoms with Gasteiger partial charge < -0.3 is 14.4 Å². The van der Waals surface area contributed by atoms with Crippen LogP contribution in [-0.2, 0) is 11.3 Å². The lowest BCUT2D eigenvalue weighted by atomic mass is 10.1. The topological polar surface area (TPSA) is 66.6 Å². The molecule has 1 aromatic carbocycles. The van der Waals surface area contributed by atoms with E-state index in [4.69, 9.17) is 4.42 Å². The fraction of sp³-hybridized carbons (Fsp3) is 0.333. The van der Waals surface area contributed by atoms with E-state index >= 15 is 0 Å². The molecule has 0 bridgehead atoms. The van der Waals surface area contributed by atoms with E-state index in [-0.39, 0.29) is 17.2 Å². The number of phenolic OH excluding ortho intramolecular Hbond substituents is 1. The highest BCUT2D eigenvalue weighted by Crippen LogP contribution is 2.32. The van der Waals surface area contributed by atoms with E-state index in [1.165, 1.54) is 11.3 Å². The van der Waals surface area contributed by atoms with Gasteiger partial charge in [-0.05, 0) is 45.0 Å². The summed E-state index contributed by atoms with van der Waals surface area (Å²) in [7, 11) is 0. The average Bonchev–Trinajstić information content (AvgIpc) is 3.08. The maximum absolute atomic E-state index is 11.9. The number of phenols is 1. The minimum atomic E-state index is -0.257. The molecule has 0 radical (unpaired) electrons. The Labute approximate surface area is 144 Å². The molecule has 0 unspecified atom stereocenters. The molecular formula is C18H20N2O3S. The lowest BCUT2D eigenvalue weighted by Crippen LogP contribution is -2.43. The van der Waals surface area contributed by atoms with Crippen molar-refractivity contribution in [1.29, 1.82) is 0 Å². The second-order valence-electron chi connectivity index (χ2n) is 6.75. The molecule has 5 nitrogen and oxygen atoms in total. The highest BCUT2D eigenvalue weighted by atomic mass is 32.1. The lowest BCUT2D eigenvalue weighted by molar-refractivity contribution is -0.134. The lowest BCUT2D eigenvalue weighted by Gasteiger charge is -2.34. The summed E-state index contributed by atoms with van der Waals surface area (Å²) in [6, 6.07) is 6.86. The van der Waals surface area contributed by atoms with Crippen LogP contribution >= 0.6 is 11.3 Å². The molecular weight excluding hydrogens is 324 g/mol.